The summed E-state index contributed by atoms with van der Waals surface area (Å²) in [6, 6.07) is 6.37. The molecule has 0 aliphatic carbocycles. The molecule has 0 amide bonds. The van der Waals surface area contributed by atoms with Gasteiger partial charge in [-0.2, -0.15) is 0 Å². The van der Waals surface area contributed by atoms with E-state index in [2.05, 4.69) is 21.8 Å². The maximum absolute atomic E-state index is 13.3. The average molecular weight is 425 g/mol. The molecule has 1 aromatic carbocycles. The molecule has 0 radical (unpaired) electrons. The fraction of sp³-hybridized carbons (Fsp3) is 0.263. The van der Waals surface area contributed by atoms with Crippen molar-refractivity contribution in [2.75, 3.05) is 13.7 Å². The topological polar surface area (TPSA) is 78.6 Å². The standard InChI is InChI=1S/C19H19ClF2N4O3/c1-4-14(10-26-15(11-28-3)24-25-18(26)17(21)22)23-16(19(27)29-5-2)12-6-8-13(20)9-7-12/h4,6-10,17H,1,5,11H2,2-3H3/b14-10+,23-16+. The molecule has 0 saturated carbocycles. The van der Waals surface area contributed by atoms with E-state index in [0.29, 0.717) is 10.6 Å². The van der Waals surface area contributed by atoms with Gasteiger partial charge in [-0.25, -0.2) is 18.6 Å². The van der Waals surface area contributed by atoms with E-state index >= 15 is 0 Å². The summed E-state index contributed by atoms with van der Waals surface area (Å²) in [5, 5.41) is 7.66. The molecule has 1 aromatic heterocycles. The molecule has 1 heterocycles. The molecule has 10 heteroatoms. The number of nitrogens with zero attached hydrogens (tertiary/aromatic N) is 4. The maximum atomic E-state index is 13.3. The number of benzene rings is 1. The number of allylic oxidation sites excluding steroid dienone is 1. The van der Waals surface area contributed by atoms with Gasteiger partial charge in [0.1, 0.15) is 6.61 Å². The molecule has 2 aromatic rings. The summed E-state index contributed by atoms with van der Waals surface area (Å²) < 4.78 is 37.7. The van der Waals surface area contributed by atoms with Crippen LogP contribution < -0.4 is 0 Å². The van der Waals surface area contributed by atoms with E-state index in [0.717, 1.165) is 4.57 Å². The zero-order valence-electron chi connectivity index (χ0n) is 15.8. The smallest absolute Gasteiger partial charge is 0.357 e. The van der Waals surface area contributed by atoms with E-state index in [4.69, 9.17) is 21.1 Å². The average Bonchev–Trinajstić information content (AvgIpc) is 3.09. The fourth-order valence-electron chi connectivity index (χ4n) is 2.28. The van der Waals surface area contributed by atoms with E-state index in [1.165, 1.54) is 19.4 Å². The van der Waals surface area contributed by atoms with E-state index in [1.54, 1.807) is 31.2 Å². The van der Waals surface area contributed by atoms with Crippen LogP contribution >= 0.6 is 11.6 Å². The van der Waals surface area contributed by atoms with Crippen molar-refractivity contribution in [2.24, 2.45) is 4.99 Å². The highest BCUT2D eigenvalue weighted by atomic mass is 35.5. The van der Waals surface area contributed by atoms with Crippen molar-refractivity contribution in [3.8, 4) is 0 Å². The summed E-state index contributed by atoms with van der Waals surface area (Å²) in [4.78, 5) is 16.7. The number of ether oxygens (including phenoxy) is 2. The minimum atomic E-state index is -2.87. The number of esters is 1. The highest BCUT2D eigenvalue weighted by Gasteiger charge is 2.20. The van der Waals surface area contributed by atoms with Gasteiger partial charge in [-0.3, -0.25) is 4.57 Å². The number of hydrogen-bond donors (Lipinski definition) is 0. The summed E-state index contributed by atoms with van der Waals surface area (Å²) in [6.45, 7) is 5.38. The van der Waals surface area contributed by atoms with E-state index in [1.807, 2.05) is 0 Å². The predicted molar refractivity (Wildman–Crippen MR) is 105 cm³/mol. The first-order chi connectivity index (χ1) is 13.9. The molecule has 0 aliphatic heterocycles. The Kier molecular flexibility index (Phi) is 8.17. The van der Waals surface area contributed by atoms with Gasteiger partial charge in [0.15, 0.2) is 11.5 Å². The number of aromatic nitrogens is 3. The molecule has 0 N–H and O–H groups in total. The summed E-state index contributed by atoms with van der Waals surface area (Å²) in [7, 11) is 1.40. The number of hydrogen-bond acceptors (Lipinski definition) is 6. The van der Waals surface area contributed by atoms with Gasteiger partial charge in [0, 0.05) is 23.9 Å². The summed E-state index contributed by atoms with van der Waals surface area (Å²) in [5.41, 5.74) is 0.521. The van der Waals surface area contributed by atoms with E-state index in [9.17, 15) is 13.6 Å². The van der Waals surface area contributed by atoms with Crippen LogP contribution in [0, 0.1) is 0 Å². The molecular formula is C19H19ClF2N4O3. The quantitative estimate of drug-likeness (QED) is 0.344. The molecule has 0 bridgehead atoms. The largest absolute Gasteiger partial charge is 0.461 e. The van der Waals surface area contributed by atoms with Crippen LogP contribution in [0.1, 0.15) is 30.6 Å². The van der Waals surface area contributed by atoms with Crippen molar-refractivity contribution in [1.82, 2.24) is 14.8 Å². The second-order valence-corrected chi connectivity index (χ2v) is 5.96. The third-order valence-electron chi connectivity index (χ3n) is 3.56. The van der Waals surface area contributed by atoms with Crippen molar-refractivity contribution in [1.29, 1.82) is 0 Å². The number of aliphatic imine (C=N–C) groups is 1. The summed E-state index contributed by atoms with van der Waals surface area (Å²) in [6.07, 6.45) is -0.320. The van der Waals surface area contributed by atoms with Crippen LogP contribution in [-0.2, 0) is 20.9 Å². The van der Waals surface area contributed by atoms with E-state index in [-0.39, 0.29) is 30.4 Å². The van der Waals surface area contributed by atoms with Gasteiger partial charge >= 0.3 is 5.97 Å². The van der Waals surface area contributed by atoms with Gasteiger partial charge in [0.2, 0.25) is 5.82 Å². The van der Waals surface area contributed by atoms with Crippen LogP contribution in [0.4, 0.5) is 8.78 Å². The lowest BCUT2D eigenvalue weighted by molar-refractivity contribution is -0.134. The van der Waals surface area contributed by atoms with Crippen LogP contribution in [0.25, 0.3) is 6.20 Å². The molecule has 2 rings (SSSR count). The minimum Gasteiger partial charge on any atom is -0.461 e. The van der Waals surface area contributed by atoms with Crippen LogP contribution in [0.15, 0.2) is 47.6 Å². The Morgan fingerprint density at radius 2 is 2.03 bits per heavy atom. The molecule has 0 saturated heterocycles. The molecule has 0 spiro atoms. The lowest BCUT2D eigenvalue weighted by Gasteiger charge is -2.09. The lowest BCUT2D eigenvalue weighted by Crippen LogP contribution is -2.19. The van der Waals surface area contributed by atoms with E-state index < -0.39 is 18.2 Å². The predicted octanol–water partition coefficient (Wildman–Crippen LogP) is 4.05. The summed E-state index contributed by atoms with van der Waals surface area (Å²) in [5.74, 6) is -1.13. The normalized spacial score (nSPS) is 12.3. The van der Waals surface area contributed by atoms with Gasteiger partial charge in [0.05, 0.1) is 12.3 Å². The first-order valence-electron chi connectivity index (χ1n) is 8.48. The highest BCUT2D eigenvalue weighted by Crippen LogP contribution is 2.20. The minimum absolute atomic E-state index is 0.0328. The summed E-state index contributed by atoms with van der Waals surface area (Å²) >= 11 is 5.90. The monoisotopic (exact) mass is 424 g/mol. The Labute approximate surface area is 171 Å². The fourth-order valence-corrected chi connectivity index (χ4v) is 2.40. The molecule has 154 valence electrons. The van der Waals surface area contributed by atoms with Crippen molar-refractivity contribution >= 4 is 29.5 Å². The SMILES string of the molecule is C=CC(=C\n1c(COC)nnc1C(F)F)/N=C(/C(=O)OCC)c1ccc(Cl)cc1. The van der Waals surface area contributed by atoms with Crippen molar-refractivity contribution < 1.29 is 23.0 Å². The van der Waals surface area contributed by atoms with Crippen molar-refractivity contribution in [2.45, 2.75) is 20.0 Å². The lowest BCUT2D eigenvalue weighted by atomic mass is 10.1. The molecule has 7 nitrogen and oxygen atoms in total. The van der Waals surface area contributed by atoms with Crippen LogP contribution in [0.3, 0.4) is 0 Å². The Morgan fingerprint density at radius 1 is 1.34 bits per heavy atom. The maximum Gasteiger partial charge on any atom is 0.357 e. The van der Waals surface area contributed by atoms with Crippen LogP contribution in [0.5, 0.6) is 0 Å². The third-order valence-corrected chi connectivity index (χ3v) is 3.81. The number of halogens is 3. The molecule has 0 aliphatic rings. The van der Waals surface area contributed by atoms with Crippen molar-refractivity contribution in [3.63, 3.8) is 0 Å². The second-order valence-electron chi connectivity index (χ2n) is 5.52. The first kappa shape index (κ1) is 22.4. The molecular weight excluding hydrogens is 406 g/mol. The highest BCUT2D eigenvalue weighted by molar-refractivity contribution is 6.43. The molecule has 0 atom stereocenters. The molecule has 0 fully saturated rings. The third kappa shape index (κ3) is 5.78. The van der Waals surface area contributed by atoms with Crippen LogP contribution in [0.2, 0.25) is 5.02 Å². The van der Waals surface area contributed by atoms with Gasteiger partial charge < -0.3 is 9.47 Å². The number of rotatable bonds is 9. The molecule has 29 heavy (non-hydrogen) atoms. The number of methoxy groups -OCH3 is 1. The van der Waals surface area contributed by atoms with Crippen molar-refractivity contribution in [3.05, 3.63) is 64.9 Å². The number of carbonyl (C=O) groups is 1. The zero-order valence-corrected chi connectivity index (χ0v) is 16.6. The van der Waals surface area contributed by atoms with Gasteiger partial charge in [-0.15, -0.1) is 10.2 Å². The number of carbonyl (C=O) groups excluding carboxylic acids is 1. The Bertz CT molecular complexity index is 924. The van der Waals surface area contributed by atoms with Gasteiger partial charge in [-0.05, 0) is 25.1 Å². The Morgan fingerprint density at radius 3 is 2.59 bits per heavy atom. The zero-order chi connectivity index (χ0) is 21.4. The second kappa shape index (κ2) is 10.6. The first-order valence-corrected chi connectivity index (χ1v) is 8.85. The molecule has 0 unspecified atom stereocenters. The van der Waals surface area contributed by atoms with Gasteiger partial charge in [-0.1, -0.05) is 30.3 Å². The van der Waals surface area contributed by atoms with Crippen LogP contribution in [-0.4, -0.2) is 40.2 Å². The Hall–Kier alpha value is -2.91. The number of alkyl halides is 2. The Balaban J connectivity index is 2.58. The van der Waals surface area contributed by atoms with Gasteiger partial charge in [0.25, 0.3) is 6.43 Å².